The van der Waals surface area contributed by atoms with E-state index in [1.807, 2.05) is 6.92 Å². The third-order valence-corrected chi connectivity index (χ3v) is 5.20. The van der Waals surface area contributed by atoms with Crippen LogP contribution in [0.4, 0.5) is 0 Å². The Morgan fingerprint density at radius 1 is 1.00 bits per heavy atom. The Bertz CT molecular complexity index is 898. The molecule has 0 atom stereocenters. The molecule has 0 N–H and O–H groups in total. The number of rotatable bonds is 3. The molecular weight excluding hydrogens is 320 g/mol. The number of nitrogens with zero attached hydrogens (tertiary/aromatic N) is 2. The lowest BCUT2D eigenvalue weighted by Gasteiger charge is -2.02. The molecule has 0 unspecified atom stereocenters. The maximum Gasteiger partial charge on any atom is 0.225 e. The molecule has 6 heteroatoms. The number of hydrogen-bond acceptors (Lipinski definition) is 3. The fourth-order valence-corrected chi connectivity index (χ4v) is 3.34. The molecule has 3 aromatic rings. The van der Waals surface area contributed by atoms with Crippen LogP contribution in [0.1, 0.15) is 5.56 Å². The first-order chi connectivity index (χ1) is 10.5. The third kappa shape index (κ3) is 2.77. The second kappa shape index (κ2) is 5.59. The fourth-order valence-electron chi connectivity index (χ4n) is 2.04. The van der Waals surface area contributed by atoms with Crippen LogP contribution in [-0.4, -0.2) is 18.0 Å². The summed E-state index contributed by atoms with van der Waals surface area (Å²) in [5, 5.41) is 0.641. The van der Waals surface area contributed by atoms with Crippen LogP contribution >= 0.6 is 11.6 Å². The topological polar surface area (TPSA) is 52.0 Å². The van der Waals surface area contributed by atoms with Crippen molar-refractivity contribution in [1.29, 1.82) is 0 Å². The first-order valence-electron chi connectivity index (χ1n) is 6.58. The number of hydrogen-bond donors (Lipinski definition) is 0. The van der Waals surface area contributed by atoms with Gasteiger partial charge >= 0.3 is 0 Å². The number of sulfone groups is 1. The standard InChI is InChI=1S/C16H13ClN2O2S/c1-12-2-8-15(9-3-12)22(20,21)16-10-19(11-18-16)14-6-4-13(17)5-7-14/h2-11H,1H3. The van der Waals surface area contributed by atoms with E-state index in [9.17, 15) is 8.42 Å². The molecule has 1 heterocycles. The zero-order valence-electron chi connectivity index (χ0n) is 11.8. The molecule has 2 aromatic carbocycles. The van der Waals surface area contributed by atoms with E-state index in [1.165, 1.54) is 12.5 Å². The Morgan fingerprint density at radius 3 is 2.27 bits per heavy atom. The molecule has 1 aromatic heterocycles. The van der Waals surface area contributed by atoms with Crippen molar-refractivity contribution in [3.05, 3.63) is 71.6 Å². The molecule has 0 aliphatic heterocycles. The van der Waals surface area contributed by atoms with Crippen molar-refractivity contribution in [1.82, 2.24) is 9.55 Å². The maximum absolute atomic E-state index is 12.5. The number of benzene rings is 2. The Balaban J connectivity index is 1.99. The molecule has 0 aliphatic carbocycles. The van der Waals surface area contributed by atoms with Gasteiger partial charge in [-0.1, -0.05) is 29.3 Å². The first kappa shape index (κ1) is 14.8. The highest BCUT2D eigenvalue weighted by Gasteiger charge is 2.20. The summed E-state index contributed by atoms with van der Waals surface area (Å²) >= 11 is 5.85. The molecule has 0 saturated heterocycles. The average molecular weight is 333 g/mol. The van der Waals surface area contributed by atoms with E-state index >= 15 is 0 Å². The lowest BCUT2D eigenvalue weighted by Crippen LogP contribution is -2.02. The third-order valence-electron chi connectivity index (χ3n) is 3.29. The second-order valence-electron chi connectivity index (χ2n) is 4.91. The molecule has 0 bridgehead atoms. The van der Waals surface area contributed by atoms with E-state index in [0.717, 1.165) is 11.3 Å². The molecule has 112 valence electrons. The Labute approximate surface area is 133 Å². The predicted molar refractivity (Wildman–Crippen MR) is 85.2 cm³/mol. The van der Waals surface area contributed by atoms with E-state index in [1.54, 1.807) is 53.1 Å². The van der Waals surface area contributed by atoms with Crippen LogP contribution in [0.25, 0.3) is 5.69 Å². The Hall–Kier alpha value is -2.11. The highest BCUT2D eigenvalue weighted by Crippen LogP contribution is 2.21. The zero-order chi connectivity index (χ0) is 15.7. The summed E-state index contributed by atoms with van der Waals surface area (Å²) in [4.78, 5) is 4.26. The summed E-state index contributed by atoms with van der Waals surface area (Å²) in [7, 11) is -3.61. The van der Waals surface area contributed by atoms with E-state index in [0.29, 0.717) is 5.02 Å². The van der Waals surface area contributed by atoms with Gasteiger partial charge in [-0.2, -0.15) is 0 Å². The quantitative estimate of drug-likeness (QED) is 0.735. The van der Waals surface area contributed by atoms with Gasteiger partial charge < -0.3 is 4.57 Å². The highest BCUT2D eigenvalue weighted by atomic mass is 35.5. The SMILES string of the molecule is Cc1ccc(S(=O)(=O)c2cn(-c3ccc(Cl)cc3)cn2)cc1. The van der Waals surface area contributed by atoms with Crippen LogP contribution in [-0.2, 0) is 9.84 Å². The van der Waals surface area contributed by atoms with E-state index in [-0.39, 0.29) is 9.92 Å². The number of imidazole rings is 1. The van der Waals surface area contributed by atoms with Gasteiger partial charge in [0.15, 0.2) is 5.03 Å². The molecule has 0 saturated carbocycles. The highest BCUT2D eigenvalue weighted by molar-refractivity contribution is 7.91. The van der Waals surface area contributed by atoms with Gasteiger partial charge in [-0.25, -0.2) is 13.4 Å². The van der Waals surface area contributed by atoms with Gasteiger partial charge in [-0.15, -0.1) is 0 Å². The summed E-state index contributed by atoms with van der Waals surface area (Å²) in [6, 6.07) is 13.8. The van der Waals surface area contributed by atoms with Crippen molar-refractivity contribution < 1.29 is 8.42 Å². The minimum Gasteiger partial charge on any atom is -0.305 e. The van der Waals surface area contributed by atoms with Gasteiger partial charge in [0.1, 0.15) is 6.33 Å². The largest absolute Gasteiger partial charge is 0.305 e. The van der Waals surface area contributed by atoms with Crippen LogP contribution in [0.5, 0.6) is 0 Å². The molecule has 22 heavy (non-hydrogen) atoms. The van der Waals surface area contributed by atoms with Crippen LogP contribution in [0, 0.1) is 6.92 Å². The smallest absolute Gasteiger partial charge is 0.225 e. The van der Waals surface area contributed by atoms with Crippen molar-refractivity contribution in [2.45, 2.75) is 16.8 Å². The maximum atomic E-state index is 12.5. The van der Waals surface area contributed by atoms with Crippen molar-refractivity contribution in [2.24, 2.45) is 0 Å². The van der Waals surface area contributed by atoms with Crippen LogP contribution < -0.4 is 0 Å². The van der Waals surface area contributed by atoms with Gasteiger partial charge in [0, 0.05) is 16.9 Å². The lowest BCUT2D eigenvalue weighted by atomic mass is 10.2. The summed E-state index contributed by atoms with van der Waals surface area (Å²) in [5.41, 5.74) is 1.80. The fraction of sp³-hybridized carbons (Fsp3) is 0.0625. The average Bonchev–Trinajstić information content (AvgIpc) is 2.99. The van der Waals surface area contributed by atoms with Crippen LogP contribution in [0.15, 0.2) is 71.0 Å². The van der Waals surface area contributed by atoms with E-state index < -0.39 is 9.84 Å². The van der Waals surface area contributed by atoms with Gasteiger partial charge in [0.05, 0.1) is 4.90 Å². The van der Waals surface area contributed by atoms with E-state index in [4.69, 9.17) is 11.6 Å². The molecule has 4 nitrogen and oxygen atoms in total. The number of halogens is 1. The van der Waals surface area contributed by atoms with E-state index in [2.05, 4.69) is 4.98 Å². The Morgan fingerprint density at radius 2 is 1.64 bits per heavy atom. The van der Waals surface area contributed by atoms with Crippen molar-refractivity contribution in [3.63, 3.8) is 0 Å². The van der Waals surface area contributed by atoms with Crippen molar-refractivity contribution >= 4 is 21.4 Å². The summed E-state index contributed by atoms with van der Waals surface area (Å²) < 4.78 is 26.7. The number of aryl methyl sites for hydroxylation is 1. The first-order valence-corrected chi connectivity index (χ1v) is 8.44. The monoisotopic (exact) mass is 332 g/mol. The van der Waals surface area contributed by atoms with Crippen LogP contribution in [0.3, 0.4) is 0 Å². The minimum absolute atomic E-state index is 0.0197. The number of aromatic nitrogens is 2. The normalized spacial score (nSPS) is 11.5. The second-order valence-corrected chi connectivity index (χ2v) is 7.25. The Kier molecular flexibility index (Phi) is 3.76. The summed E-state index contributed by atoms with van der Waals surface area (Å²) in [5.74, 6) is 0. The van der Waals surface area contributed by atoms with Gasteiger partial charge in [0.2, 0.25) is 9.84 Å². The van der Waals surface area contributed by atoms with Crippen LogP contribution in [0.2, 0.25) is 5.02 Å². The molecule has 0 radical (unpaired) electrons. The molecule has 0 fully saturated rings. The summed E-state index contributed by atoms with van der Waals surface area (Å²) in [6.45, 7) is 1.91. The molecule has 0 spiro atoms. The van der Waals surface area contributed by atoms with Gasteiger partial charge in [-0.3, -0.25) is 0 Å². The predicted octanol–water partition coefficient (Wildman–Crippen LogP) is 3.67. The van der Waals surface area contributed by atoms with Gasteiger partial charge in [0.25, 0.3) is 0 Å². The molecule has 3 rings (SSSR count). The summed E-state index contributed by atoms with van der Waals surface area (Å²) in [6.07, 6.45) is 2.97. The molecule has 0 aliphatic rings. The molecule has 0 amide bonds. The molecular formula is C16H13ClN2O2S. The minimum atomic E-state index is -3.61. The van der Waals surface area contributed by atoms with Crippen molar-refractivity contribution in [2.75, 3.05) is 0 Å². The van der Waals surface area contributed by atoms with Crippen molar-refractivity contribution in [3.8, 4) is 5.69 Å². The van der Waals surface area contributed by atoms with Gasteiger partial charge in [-0.05, 0) is 43.3 Å². The zero-order valence-corrected chi connectivity index (χ0v) is 13.3. The lowest BCUT2D eigenvalue weighted by molar-refractivity contribution is 0.593.